The molecule has 18 heavy (non-hydrogen) atoms. The summed E-state index contributed by atoms with van der Waals surface area (Å²) in [5.41, 5.74) is 2.66. The third kappa shape index (κ3) is 3.56. The molecule has 1 saturated heterocycles. The van der Waals surface area contributed by atoms with Crippen LogP contribution in [-0.2, 0) is 6.54 Å². The fourth-order valence-corrected chi connectivity index (χ4v) is 3.08. The Labute approximate surface area is 119 Å². The lowest BCUT2D eigenvalue weighted by Gasteiger charge is -2.35. The van der Waals surface area contributed by atoms with Crippen LogP contribution in [0.3, 0.4) is 0 Å². The van der Waals surface area contributed by atoms with Crippen molar-refractivity contribution in [2.45, 2.75) is 32.9 Å². The molecule has 1 aromatic rings. The zero-order valence-electron chi connectivity index (χ0n) is 11.5. The van der Waals surface area contributed by atoms with E-state index in [9.17, 15) is 0 Å². The maximum atomic E-state index is 3.71. The maximum absolute atomic E-state index is 3.71. The number of benzene rings is 1. The topological polar surface area (TPSA) is 15.3 Å². The molecule has 0 saturated carbocycles. The number of likely N-dealkylation sites (tertiary alicyclic amines) is 1. The summed E-state index contributed by atoms with van der Waals surface area (Å²) in [6.07, 6.45) is 1.25. The highest BCUT2D eigenvalue weighted by Gasteiger charge is 2.23. The van der Waals surface area contributed by atoms with E-state index in [0.717, 1.165) is 12.5 Å². The number of hydrogen-bond acceptors (Lipinski definition) is 2. The number of aryl methyl sites for hydroxylation is 1. The smallest absolute Gasteiger partial charge is 0.0208 e. The molecule has 1 aromatic carbocycles. The first kappa shape index (κ1) is 14.0. The predicted molar refractivity (Wildman–Crippen MR) is 80.8 cm³/mol. The van der Waals surface area contributed by atoms with Crippen LogP contribution in [0.25, 0.3) is 0 Å². The van der Waals surface area contributed by atoms with Gasteiger partial charge in [-0.1, -0.05) is 35.0 Å². The van der Waals surface area contributed by atoms with E-state index in [1.165, 1.54) is 35.1 Å². The Hall–Kier alpha value is -0.380. The number of rotatable bonds is 3. The summed E-state index contributed by atoms with van der Waals surface area (Å²) in [7, 11) is 2.21. The zero-order chi connectivity index (χ0) is 13.1. The van der Waals surface area contributed by atoms with Crippen molar-refractivity contribution in [2.24, 2.45) is 5.92 Å². The first-order valence-electron chi connectivity index (χ1n) is 6.73. The quantitative estimate of drug-likeness (QED) is 0.922. The third-order valence-electron chi connectivity index (χ3n) is 3.91. The zero-order valence-corrected chi connectivity index (χ0v) is 13.1. The SMILES string of the molecule is Cc1ccc(CNC2CCN(C)CC2C)cc1Br. The molecule has 1 N–H and O–H groups in total. The van der Waals surface area contributed by atoms with Crippen LogP contribution in [0.4, 0.5) is 0 Å². The van der Waals surface area contributed by atoms with E-state index in [4.69, 9.17) is 0 Å². The molecule has 1 fully saturated rings. The van der Waals surface area contributed by atoms with Gasteiger partial charge in [0.1, 0.15) is 0 Å². The second kappa shape index (κ2) is 6.18. The lowest BCUT2D eigenvalue weighted by atomic mass is 9.94. The molecule has 0 spiro atoms. The van der Waals surface area contributed by atoms with E-state index in [1.54, 1.807) is 0 Å². The summed E-state index contributed by atoms with van der Waals surface area (Å²) < 4.78 is 1.21. The average molecular weight is 311 g/mol. The normalized spacial score (nSPS) is 25.3. The summed E-state index contributed by atoms with van der Waals surface area (Å²) in [5.74, 6) is 0.734. The number of hydrogen-bond donors (Lipinski definition) is 1. The summed E-state index contributed by atoms with van der Waals surface area (Å²) in [5, 5.41) is 3.71. The summed E-state index contributed by atoms with van der Waals surface area (Å²) in [4.78, 5) is 2.42. The molecule has 2 nitrogen and oxygen atoms in total. The Morgan fingerprint density at radius 3 is 2.89 bits per heavy atom. The highest BCUT2D eigenvalue weighted by molar-refractivity contribution is 9.10. The Balaban J connectivity index is 1.89. The van der Waals surface area contributed by atoms with E-state index in [0.29, 0.717) is 6.04 Å². The van der Waals surface area contributed by atoms with Crippen molar-refractivity contribution < 1.29 is 0 Å². The highest BCUT2D eigenvalue weighted by atomic mass is 79.9. The van der Waals surface area contributed by atoms with Crippen LogP contribution in [0.2, 0.25) is 0 Å². The van der Waals surface area contributed by atoms with E-state index < -0.39 is 0 Å². The molecule has 2 atom stereocenters. The van der Waals surface area contributed by atoms with Crippen LogP contribution in [0, 0.1) is 12.8 Å². The van der Waals surface area contributed by atoms with Gasteiger partial charge in [0.05, 0.1) is 0 Å². The van der Waals surface area contributed by atoms with Crippen molar-refractivity contribution >= 4 is 15.9 Å². The average Bonchev–Trinajstić information content (AvgIpc) is 2.32. The van der Waals surface area contributed by atoms with Crippen molar-refractivity contribution in [3.63, 3.8) is 0 Å². The van der Waals surface area contributed by atoms with E-state index in [1.807, 2.05) is 0 Å². The predicted octanol–water partition coefficient (Wildman–Crippen LogP) is 3.19. The van der Waals surface area contributed by atoms with Crippen molar-refractivity contribution in [3.8, 4) is 0 Å². The molecular formula is C15H23BrN2. The standard InChI is InChI=1S/C15H23BrN2/c1-11-4-5-13(8-14(11)16)9-17-15-6-7-18(3)10-12(15)2/h4-5,8,12,15,17H,6-7,9-10H2,1-3H3. The minimum absolute atomic E-state index is 0.654. The van der Waals surface area contributed by atoms with Crippen LogP contribution in [0.15, 0.2) is 22.7 Å². The van der Waals surface area contributed by atoms with Gasteiger partial charge >= 0.3 is 0 Å². The van der Waals surface area contributed by atoms with E-state index >= 15 is 0 Å². The van der Waals surface area contributed by atoms with Gasteiger partial charge in [0, 0.05) is 23.6 Å². The van der Waals surface area contributed by atoms with Gasteiger partial charge in [-0.15, -0.1) is 0 Å². The molecule has 0 aromatic heterocycles. The van der Waals surface area contributed by atoms with Gasteiger partial charge in [0.25, 0.3) is 0 Å². The summed E-state index contributed by atoms with van der Waals surface area (Å²) in [6, 6.07) is 7.27. The molecular weight excluding hydrogens is 288 g/mol. The largest absolute Gasteiger partial charge is 0.310 e. The Bertz CT molecular complexity index is 405. The van der Waals surface area contributed by atoms with Gasteiger partial charge in [-0.2, -0.15) is 0 Å². The molecule has 2 unspecified atom stereocenters. The van der Waals surface area contributed by atoms with Gasteiger partial charge in [-0.25, -0.2) is 0 Å². The van der Waals surface area contributed by atoms with Gasteiger partial charge in [-0.05, 0) is 50.0 Å². The maximum Gasteiger partial charge on any atom is 0.0208 e. The second-order valence-corrected chi connectivity index (χ2v) is 6.45. The summed E-state index contributed by atoms with van der Waals surface area (Å²) >= 11 is 3.60. The Kier molecular flexibility index (Phi) is 4.82. The van der Waals surface area contributed by atoms with Crippen LogP contribution in [0.1, 0.15) is 24.5 Å². The molecule has 0 amide bonds. The molecule has 0 bridgehead atoms. The molecule has 0 aliphatic carbocycles. The molecule has 1 heterocycles. The fourth-order valence-electron chi connectivity index (χ4n) is 2.65. The lowest BCUT2D eigenvalue weighted by Crippen LogP contribution is -2.46. The van der Waals surface area contributed by atoms with Crippen LogP contribution >= 0.6 is 15.9 Å². The molecule has 2 rings (SSSR count). The second-order valence-electron chi connectivity index (χ2n) is 5.60. The van der Waals surface area contributed by atoms with E-state index in [-0.39, 0.29) is 0 Å². The van der Waals surface area contributed by atoms with Crippen molar-refractivity contribution in [1.29, 1.82) is 0 Å². The van der Waals surface area contributed by atoms with Gasteiger partial charge in [0.15, 0.2) is 0 Å². The third-order valence-corrected chi connectivity index (χ3v) is 4.77. The fraction of sp³-hybridized carbons (Fsp3) is 0.600. The highest BCUT2D eigenvalue weighted by Crippen LogP contribution is 2.19. The number of nitrogens with zero attached hydrogens (tertiary/aromatic N) is 1. The van der Waals surface area contributed by atoms with Crippen LogP contribution in [0.5, 0.6) is 0 Å². The van der Waals surface area contributed by atoms with Gasteiger partial charge in [-0.3, -0.25) is 0 Å². The molecule has 1 aliphatic rings. The number of nitrogens with one attached hydrogen (secondary N) is 1. The van der Waals surface area contributed by atoms with E-state index in [2.05, 4.69) is 65.2 Å². The minimum atomic E-state index is 0.654. The first-order chi connectivity index (χ1) is 8.56. The van der Waals surface area contributed by atoms with Crippen molar-refractivity contribution in [2.75, 3.05) is 20.1 Å². The number of halogens is 1. The molecule has 3 heteroatoms. The first-order valence-corrected chi connectivity index (χ1v) is 7.52. The van der Waals surface area contributed by atoms with Crippen molar-refractivity contribution in [3.05, 3.63) is 33.8 Å². The van der Waals surface area contributed by atoms with Gasteiger partial charge < -0.3 is 10.2 Å². The number of piperidine rings is 1. The van der Waals surface area contributed by atoms with Gasteiger partial charge in [0.2, 0.25) is 0 Å². The summed E-state index contributed by atoms with van der Waals surface area (Å²) in [6.45, 7) is 7.85. The molecule has 0 radical (unpaired) electrons. The Morgan fingerprint density at radius 2 is 2.22 bits per heavy atom. The minimum Gasteiger partial charge on any atom is -0.310 e. The van der Waals surface area contributed by atoms with Crippen LogP contribution in [-0.4, -0.2) is 31.1 Å². The van der Waals surface area contributed by atoms with Crippen molar-refractivity contribution in [1.82, 2.24) is 10.2 Å². The van der Waals surface area contributed by atoms with Crippen LogP contribution < -0.4 is 5.32 Å². The monoisotopic (exact) mass is 310 g/mol. The molecule has 100 valence electrons. The molecule has 1 aliphatic heterocycles. The lowest BCUT2D eigenvalue weighted by molar-refractivity contribution is 0.174. The Morgan fingerprint density at radius 1 is 1.44 bits per heavy atom.